The molecule has 0 aliphatic heterocycles. The van der Waals surface area contributed by atoms with Gasteiger partial charge >= 0.3 is 0 Å². The van der Waals surface area contributed by atoms with Crippen molar-refractivity contribution >= 4 is 0 Å². The van der Waals surface area contributed by atoms with Gasteiger partial charge in [-0.25, -0.2) is 0 Å². The number of rotatable bonds is 25. The lowest BCUT2D eigenvalue weighted by Gasteiger charge is -2.31. The van der Waals surface area contributed by atoms with Crippen LogP contribution in [-0.4, -0.2) is 0 Å². The highest BCUT2D eigenvalue weighted by Crippen LogP contribution is 2.43. The van der Waals surface area contributed by atoms with Gasteiger partial charge in [-0.05, 0) is 185 Å². The molecule has 4 aliphatic rings. The molecule has 2 aromatic rings. The lowest BCUT2D eigenvalue weighted by molar-refractivity contribution is 0.273. The van der Waals surface area contributed by atoms with E-state index in [1.54, 1.807) is 22.3 Å². The second kappa shape index (κ2) is 30.6. The first-order chi connectivity index (χ1) is 30.5. The summed E-state index contributed by atoms with van der Waals surface area (Å²) in [5, 5.41) is 0. The van der Waals surface area contributed by atoms with E-state index in [2.05, 4.69) is 83.1 Å². The van der Waals surface area contributed by atoms with Gasteiger partial charge in [0.2, 0.25) is 0 Å². The van der Waals surface area contributed by atoms with Crippen LogP contribution < -0.4 is 0 Å². The summed E-state index contributed by atoms with van der Waals surface area (Å²) in [5.74, 6) is 8.32. The summed E-state index contributed by atoms with van der Waals surface area (Å²) in [5.41, 5.74) is 6.53. The fraction of sp³-hybridized carbons (Fsp3) is 0.806. The van der Waals surface area contributed by atoms with Crippen LogP contribution in [0.2, 0.25) is 0 Å². The van der Waals surface area contributed by atoms with Gasteiger partial charge in [0.05, 0.1) is 0 Å². The van der Waals surface area contributed by atoms with Crippen molar-refractivity contribution in [1.29, 1.82) is 0 Å². The number of unbranched alkanes of at least 4 members (excludes halogenated alkanes) is 12. The summed E-state index contributed by atoms with van der Waals surface area (Å²) >= 11 is 0. The zero-order valence-electron chi connectivity index (χ0n) is 42.3. The minimum Gasteiger partial charge on any atom is -0.0654 e. The van der Waals surface area contributed by atoms with Crippen molar-refractivity contribution in [2.45, 2.75) is 289 Å². The van der Waals surface area contributed by atoms with Crippen LogP contribution in [0.25, 0.3) is 0 Å². The Morgan fingerprint density at radius 2 is 0.565 bits per heavy atom. The third-order valence-corrected chi connectivity index (χ3v) is 17.7. The van der Waals surface area contributed by atoms with Gasteiger partial charge in [-0.2, -0.15) is 0 Å². The lowest BCUT2D eigenvalue weighted by Crippen LogP contribution is -2.16. The Balaban J connectivity index is 0.000000235. The molecule has 1 unspecified atom stereocenters. The van der Waals surface area contributed by atoms with Crippen LogP contribution >= 0.6 is 0 Å². The zero-order chi connectivity index (χ0) is 43.6. The van der Waals surface area contributed by atoms with Gasteiger partial charge in [-0.1, -0.05) is 205 Å². The quantitative estimate of drug-likeness (QED) is 0.0873. The van der Waals surface area contributed by atoms with E-state index >= 15 is 0 Å². The van der Waals surface area contributed by atoms with Crippen LogP contribution in [0.15, 0.2) is 48.5 Å². The molecule has 62 heavy (non-hydrogen) atoms. The first-order valence-corrected chi connectivity index (χ1v) is 28.7. The Bertz CT molecular complexity index is 1280. The molecule has 0 nitrogen and oxygen atoms in total. The third-order valence-electron chi connectivity index (χ3n) is 17.7. The fourth-order valence-corrected chi connectivity index (χ4v) is 13.0. The molecule has 0 heteroatoms. The van der Waals surface area contributed by atoms with Crippen molar-refractivity contribution in [2.75, 3.05) is 0 Å². The zero-order valence-corrected chi connectivity index (χ0v) is 42.3. The maximum atomic E-state index is 2.50. The van der Waals surface area contributed by atoms with E-state index in [0.29, 0.717) is 0 Å². The van der Waals surface area contributed by atoms with Crippen LogP contribution in [0, 0.1) is 29.6 Å². The van der Waals surface area contributed by atoms with Gasteiger partial charge in [0.15, 0.2) is 0 Å². The Hall–Kier alpha value is -1.56. The highest BCUT2D eigenvalue weighted by molar-refractivity contribution is 5.29. The van der Waals surface area contributed by atoms with Crippen LogP contribution in [0.3, 0.4) is 0 Å². The molecular weight excluding hydrogens is 745 g/mol. The van der Waals surface area contributed by atoms with Gasteiger partial charge in [-0.3, -0.25) is 0 Å². The first-order valence-electron chi connectivity index (χ1n) is 28.7. The van der Waals surface area contributed by atoms with E-state index in [1.807, 2.05) is 0 Å². The molecule has 0 heterocycles. The van der Waals surface area contributed by atoms with Gasteiger partial charge < -0.3 is 0 Å². The van der Waals surface area contributed by atoms with Crippen molar-refractivity contribution in [3.05, 3.63) is 70.8 Å². The Labute approximate surface area is 388 Å². The Morgan fingerprint density at radius 3 is 0.806 bits per heavy atom. The molecule has 2 aromatic carbocycles. The summed E-state index contributed by atoms with van der Waals surface area (Å²) in [6.07, 6.45) is 52.1. The standard InChI is InChI=1S/C32H54.C30H50/c1-3-5-7-9-11-13-27-15-19-29(20-16-27)31-23-25-32(26-24-31)30-21-17-28(18-22-30)14-12-10-8-6-4-2;1-4-6-7-8-9-10-25-11-15-27(16-12-25)29-19-21-30(22-20-29)28-17-13-26(14-18-28)23-24(3)5-2/h23-30H,3-22H2,1-2H3;19-22,24-28H,4-18,23H2,1-3H3. The van der Waals surface area contributed by atoms with Crippen molar-refractivity contribution in [1.82, 2.24) is 0 Å². The summed E-state index contributed by atoms with van der Waals surface area (Å²) < 4.78 is 0. The fourth-order valence-electron chi connectivity index (χ4n) is 13.0. The molecule has 6 rings (SSSR count). The van der Waals surface area contributed by atoms with Crippen LogP contribution in [0.4, 0.5) is 0 Å². The Morgan fingerprint density at radius 1 is 0.323 bits per heavy atom. The molecule has 0 bridgehead atoms. The smallest absolute Gasteiger partial charge is 0.0162 e. The average Bonchev–Trinajstić information content (AvgIpc) is 3.32. The maximum absolute atomic E-state index is 2.50. The van der Waals surface area contributed by atoms with E-state index in [1.165, 1.54) is 231 Å². The van der Waals surface area contributed by atoms with Crippen molar-refractivity contribution in [2.24, 2.45) is 29.6 Å². The third kappa shape index (κ3) is 18.7. The van der Waals surface area contributed by atoms with E-state index in [0.717, 1.165) is 53.3 Å². The molecule has 1 atom stereocenters. The molecular formula is C62H104. The van der Waals surface area contributed by atoms with Gasteiger partial charge in [0.1, 0.15) is 0 Å². The van der Waals surface area contributed by atoms with Gasteiger partial charge in [0.25, 0.3) is 0 Å². The number of benzene rings is 2. The minimum absolute atomic E-state index is 0.829. The van der Waals surface area contributed by atoms with Gasteiger partial charge in [0, 0.05) is 0 Å². The van der Waals surface area contributed by atoms with Gasteiger partial charge in [-0.15, -0.1) is 0 Å². The molecule has 352 valence electrons. The van der Waals surface area contributed by atoms with Crippen LogP contribution in [-0.2, 0) is 0 Å². The summed E-state index contributed by atoms with van der Waals surface area (Å²) in [6, 6.07) is 20.0. The monoisotopic (exact) mass is 849 g/mol. The summed E-state index contributed by atoms with van der Waals surface area (Å²) in [6.45, 7) is 11.7. The predicted octanol–water partition coefficient (Wildman–Crippen LogP) is 21.0. The topological polar surface area (TPSA) is 0 Å². The highest BCUT2D eigenvalue weighted by atomic mass is 14.3. The largest absolute Gasteiger partial charge is 0.0654 e. The van der Waals surface area contributed by atoms with E-state index in [4.69, 9.17) is 0 Å². The second-order valence-electron chi connectivity index (χ2n) is 22.6. The SMILES string of the molecule is CCCCCCCC1CCC(c2ccc(C3CCC(CC(C)CC)CC3)cc2)CC1.CCCCCCCC1CCC(c2ccc(C3CCC(CCCCCCC)CC3)cc2)CC1. The highest BCUT2D eigenvalue weighted by Gasteiger charge is 2.27. The molecule has 0 amide bonds. The average molecular weight is 850 g/mol. The van der Waals surface area contributed by atoms with E-state index < -0.39 is 0 Å². The normalized spacial score (nSPS) is 27.3. The summed E-state index contributed by atoms with van der Waals surface area (Å²) in [7, 11) is 0. The molecule has 0 spiro atoms. The molecule has 0 radical (unpaired) electrons. The van der Waals surface area contributed by atoms with Crippen molar-refractivity contribution < 1.29 is 0 Å². The van der Waals surface area contributed by atoms with Crippen LogP contribution in [0.5, 0.6) is 0 Å². The molecule has 4 aliphatic carbocycles. The number of hydrogen-bond donors (Lipinski definition) is 0. The Kier molecular flexibility index (Phi) is 25.4. The molecule has 0 saturated heterocycles. The van der Waals surface area contributed by atoms with Crippen molar-refractivity contribution in [3.63, 3.8) is 0 Å². The predicted molar refractivity (Wildman–Crippen MR) is 276 cm³/mol. The number of hydrogen-bond acceptors (Lipinski definition) is 0. The molecule has 0 aromatic heterocycles. The van der Waals surface area contributed by atoms with E-state index in [-0.39, 0.29) is 0 Å². The lowest BCUT2D eigenvalue weighted by atomic mass is 9.74. The first kappa shape index (κ1) is 51.4. The second-order valence-corrected chi connectivity index (χ2v) is 22.6. The van der Waals surface area contributed by atoms with E-state index in [9.17, 15) is 0 Å². The molecule has 4 fully saturated rings. The van der Waals surface area contributed by atoms with Crippen LogP contribution in [0.1, 0.15) is 312 Å². The molecule has 0 N–H and O–H groups in total. The maximum Gasteiger partial charge on any atom is -0.0162 e. The minimum atomic E-state index is 0.829. The molecule has 4 saturated carbocycles. The van der Waals surface area contributed by atoms with Crippen molar-refractivity contribution in [3.8, 4) is 0 Å². The summed E-state index contributed by atoms with van der Waals surface area (Å²) in [4.78, 5) is 0.